The summed E-state index contributed by atoms with van der Waals surface area (Å²) in [6.45, 7) is 10.1. The first-order valence-corrected chi connectivity index (χ1v) is 6.63. The number of nitrogens with one attached hydrogen (secondary N) is 1. The van der Waals surface area contributed by atoms with Crippen molar-refractivity contribution in [2.75, 3.05) is 11.9 Å². The molecule has 0 saturated heterocycles. The molecule has 0 amide bonds. The van der Waals surface area contributed by atoms with E-state index in [9.17, 15) is 4.79 Å². The van der Waals surface area contributed by atoms with Crippen LogP contribution in [0.2, 0.25) is 0 Å². The van der Waals surface area contributed by atoms with Crippen LogP contribution in [0, 0.1) is 6.92 Å². The molecule has 0 atom stereocenters. The van der Waals surface area contributed by atoms with E-state index in [1.807, 2.05) is 33.8 Å². The third-order valence-corrected chi connectivity index (χ3v) is 2.66. The normalized spacial score (nSPS) is 11.7. The van der Waals surface area contributed by atoms with Gasteiger partial charge in [0.05, 0.1) is 6.61 Å². The fourth-order valence-corrected chi connectivity index (χ4v) is 1.84. The summed E-state index contributed by atoms with van der Waals surface area (Å²) in [6.07, 6.45) is 0. The predicted octanol–water partition coefficient (Wildman–Crippen LogP) is 2.42. The van der Waals surface area contributed by atoms with E-state index in [1.54, 1.807) is 17.5 Å². The van der Waals surface area contributed by atoms with Crippen LogP contribution in [-0.2, 0) is 4.74 Å². The molecule has 2 rings (SSSR count). The molecule has 20 heavy (non-hydrogen) atoms. The van der Waals surface area contributed by atoms with E-state index in [2.05, 4.69) is 15.4 Å². The van der Waals surface area contributed by atoms with Gasteiger partial charge in [0, 0.05) is 11.2 Å². The van der Waals surface area contributed by atoms with Crippen LogP contribution < -0.4 is 5.32 Å². The topological polar surface area (TPSA) is 68.5 Å². The molecule has 0 aliphatic carbocycles. The number of carbonyl (C=O) groups excluding carboxylic acids is 1. The highest BCUT2D eigenvalue weighted by atomic mass is 16.5. The van der Waals surface area contributed by atoms with Gasteiger partial charge in [-0.15, -0.1) is 5.10 Å². The van der Waals surface area contributed by atoms with E-state index in [0.717, 1.165) is 5.69 Å². The molecule has 0 unspecified atom stereocenters. The monoisotopic (exact) mass is 276 g/mol. The molecule has 2 heterocycles. The van der Waals surface area contributed by atoms with Crippen molar-refractivity contribution in [3.05, 3.63) is 23.4 Å². The number of rotatable bonds is 3. The Balaban J connectivity index is 2.51. The lowest BCUT2D eigenvalue weighted by atomic mass is 10.1. The van der Waals surface area contributed by atoms with Gasteiger partial charge in [-0.3, -0.25) is 0 Å². The van der Waals surface area contributed by atoms with Gasteiger partial charge in [0.25, 0.3) is 0 Å². The molecule has 0 aromatic carbocycles. The number of aromatic nitrogens is 3. The molecule has 0 aliphatic heterocycles. The van der Waals surface area contributed by atoms with Crippen molar-refractivity contribution >= 4 is 17.6 Å². The zero-order valence-corrected chi connectivity index (χ0v) is 12.5. The molecule has 0 aliphatic rings. The van der Waals surface area contributed by atoms with Crippen LogP contribution in [-0.4, -0.2) is 32.7 Å². The van der Waals surface area contributed by atoms with Crippen LogP contribution in [0.15, 0.2) is 12.1 Å². The second-order valence-electron chi connectivity index (χ2n) is 5.65. The second-order valence-corrected chi connectivity index (χ2v) is 5.65. The maximum Gasteiger partial charge on any atom is 0.341 e. The number of esters is 1. The maximum atomic E-state index is 11.9. The summed E-state index contributed by atoms with van der Waals surface area (Å²) in [5, 5.41) is 7.59. The maximum absolute atomic E-state index is 11.9. The van der Waals surface area contributed by atoms with Crippen LogP contribution in [0.5, 0.6) is 0 Å². The van der Waals surface area contributed by atoms with Gasteiger partial charge in [0.15, 0.2) is 5.65 Å². The summed E-state index contributed by atoms with van der Waals surface area (Å²) in [7, 11) is 0. The summed E-state index contributed by atoms with van der Waals surface area (Å²) >= 11 is 0. The largest absolute Gasteiger partial charge is 0.462 e. The zero-order valence-electron chi connectivity index (χ0n) is 12.5. The Kier molecular flexibility index (Phi) is 3.65. The van der Waals surface area contributed by atoms with Crippen molar-refractivity contribution in [1.29, 1.82) is 0 Å². The van der Waals surface area contributed by atoms with Crippen molar-refractivity contribution < 1.29 is 9.53 Å². The first kappa shape index (κ1) is 14.3. The van der Waals surface area contributed by atoms with Gasteiger partial charge in [-0.25, -0.2) is 9.31 Å². The Morgan fingerprint density at radius 3 is 2.70 bits per heavy atom. The van der Waals surface area contributed by atoms with Gasteiger partial charge in [-0.1, -0.05) is 0 Å². The zero-order chi connectivity index (χ0) is 14.9. The lowest BCUT2D eigenvalue weighted by molar-refractivity contribution is 0.0528. The highest BCUT2D eigenvalue weighted by molar-refractivity contribution is 5.96. The van der Waals surface area contributed by atoms with Crippen molar-refractivity contribution in [3.8, 4) is 0 Å². The van der Waals surface area contributed by atoms with E-state index >= 15 is 0 Å². The fraction of sp³-hybridized carbons (Fsp3) is 0.500. The van der Waals surface area contributed by atoms with E-state index < -0.39 is 0 Å². The minimum atomic E-state index is -0.382. The molecule has 0 radical (unpaired) electrons. The van der Waals surface area contributed by atoms with Gasteiger partial charge >= 0.3 is 5.97 Å². The van der Waals surface area contributed by atoms with Crippen molar-refractivity contribution in [3.63, 3.8) is 0 Å². The fourth-order valence-electron chi connectivity index (χ4n) is 1.84. The minimum absolute atomic E-state index is 0.150. The molecule has 0 spiro atoms. The Morgan fingerprint density at radius 2 is 2.10 bits per heavy atom. The Morgan fingerprint density at radius 1 is 1.40 bits per heavy atom. The van der Waals surface area contributed by atoms with Crippen LogP contribution in [0.4, 0.5) is 5.95 Å². The van der Waals surface area contributed by atoms with Crippen molar-refractivity contribution in [2.24, 2.45) is 0 Å². The molecule has 2 aromatic heterocycles. The number of ether oxygens (including phenoxy) is 1. The standard InChI is InChI=1S/C14H20N4O2/c1-6-20-12(19)10-8-7-9(2)18-11(10)15-13(17-18)16-14(3,4)5/h7-8H,6H2,1-5H3,(H,16,17). The lowest BCUT2D eigenvalue weighted by Gasteiger charge is -2.18. The number of hydrogen-bond acceptors (Lipinski definition) is 5. The van der Waals surface area contributed by atoms with Crippen LogP contribution in [0.1, 0.15) is 43.7 Å². The van der Waals surface area contributed by atoms with E-state index in [1.165, 1.54) is 0 Å². The predicted molar refractivity (Wildman–Crippen MR) is 77.1 cm³/mol. The number of aryl methyl sites for hydroxylation is 1. The Bertz CT molecular complexity index is 640. The summed E-state index contributed by atoms with van der Waals surface area (Å²) in [4.78, 5) is 16.3. The average Bonchev–Trinajstić information content (AvgIpc) is 2.71. The number of pyridine rings is 1. The molecule has 0 saturated carbocycles. The quantitative estimate of drug-likeness (QED) is 0.872. The van der Waals surface area contributed by atoms with Gasteiger partial charge in [0.1, 0.15) is 5.56 Å². The number of hydrogen-bond donors (Lipinski definition) is 1. The summed E-state index contributed by atoms with van der Waals surface area (Å²) in [5.74, 6) is 0.115. The van der Waals surface area contributed by atoms with Gasteiger partial charge in [-0.2, -0.15) is 4.98 Å². The van der Waals surface area contributed by atoms with Crippen molar-refractivity contribution in [1.82, 2.24) is 14.6 Å². The third kappa shape index (κ3) is 2.89. The molecule has 6 heteroatoms. The van der Waals surface area contributed by atoms with E-state index in [-0.39, 0.29) is 11.5 Å². The molecule has 1 N–H and O–H groups in total. The molecule has 2 aromatic rings. The summed E-state index contributed by atoms with van der Waals surface area (Å²) in [6, 6.07) is 3.55. The highest BCUT2D eigenvalue weighted by Gasteiger charge is 2.18. The van der Waals surface area contributed by atoms with Crippen LogP contribution in [0.25, 0.3) is 5.65 Å². The number of fused-ring (bicyclic) bond motifs is 1. The minimum Gasteiger partial charge on any atom is -0.462 e. The number of nitrogens with zero attached hydrogens (tertiary/aromatic N) is 3. The van der Waals surface area contributed by atoms with Gasteiger partial charge in [0.2, 0.25) is 5.95 Å². The van der Waals surface area contributed by atoms with Gasteiger partial charge < -0.3 is 10.1 Å². The summed E-state index contributed by atoms with van der Waals surface area (Å²) in [5.41, 5.74) is 1.69. The molecule has 108 valence electrons. The van der Waals surface area contributed by atoms with Crippen molar-refractivity contribution in [2.45, 2.75) is 40.2 Å². The number of carbonyl (C=O) groups is 1. The summed E-state index contributed by atoms with van der Waals surface area (Å²) < 4.78 is 6.70. The molecule has 0 fully saturated rings. The SMILES string of the molecule is CCOC(=O)c1ccc(C)n2nc(NC(C)(C)C)nc12. The van der Waals surface area contributed by atoms with Crippen LogP contribution >= 0.6 is 0 Å². The molecular formula is C14H20N4O2. The third-order valence-electron chi connectivity index (χ3n) is 2.66. The number of anilines is 1. The first-order chi connectivity index (χ1) is 9.31. The first-order valence-electron chi connectivity index (χ1n) is 6.63. The molecular weight excluding hydrogens is 256 g/mol. The van der Waals surface area contributed by atoms with E-state index in [0.29, 0.717) is 23.8 Å². The van der Waals surface area contributed by atoms with E-state index in [4.69, 9.17) is 4.74 Å². The second kappa shape index (κ2) is 5.11. The highest BCUT2D eigenvalue weighted by Crippen LogP contribution is 2.17. The Labute approximate surface area is 118 Å². The molecule has 0 bridgehead atoms. The van der Waals surface area contributed by atoms with Crippen LogP contribution in [0.3, 0.4) is 0 Å². The van der Waals surface area contributed by atoms with Gasteiger partial charge in [-0.05, 0) is 46.8 Å². The lowest BCUT2D eigenvalue weighted by Crippen LogP contribution is -2.26. The molecule has 6 nitrogen and oxygen atoms in total. The smallest absolute Gasteiger partial charge is 0.341 e. The average molecular weight is 276 g/mol. The Hall–Kier alpha value is -2.11.